The van der Waals surface area contributed by atoms with E-state index in [1.54, 1.807) is 24.0 Å². The van der Waals surface area contributed by atoms with E-state index in [0.717, 1.165) is 18.4 Å². The van der Waals surface area contributed by atoms with Crippen LogP contribution in [0.25, 0.3) is 0 Å². The predicted octanol–water partition coefficient (Wildman–Crippen LogP) is 4.79. The van der Waals surface area contributed by atoms with Crippen LogP contribution in [0.5, 0.6) is 11.5 Å². The lowest BCUT2D eigenvalue weighted by atomic mass is 10.1. The molecule has 0 bridgehead atoms. The van der Waals surface area contributed by atoms with E-state index in [1.165, 1.54) is 12.1 Å². The fourth-order valence-electron chi connectivity index (χ4n) is 3.29. The van der Waals surface area contributed by atoms with Gasteiger partial charge in [0.1, 0.15) is 0 Å². The average Bonchev–Trinajstić information content (AvgIpc) is 2.82. The molecule has 0 radical (unpaired) electrons. The molecule has 8 heteroatoms. The maximum atomic E-state index is 12.9. The summed E-state index contributed by atoms with van der Waals surface area (Å²) >= 11 is 0. The molecule has 2 aromatic carbocycles. The number of carbonyl (C=O) groups is 1. The van der Waals surface area contributed by atoms with Crippen molar-refractivity contribution >= 4 is 15.9 Å². The van der Waals surface area contributed by atoms with Gasteiger partial charge in [-0.1, -0.05) is 19.9 Å². The van der Waals surface area contributed by atoms with E-state index in [-0.39, 0.29) is 10.8 Å². The fourth-order valence-corrected chi connectivity index (χ4v) is 4.52. The van der Waals surface area contributed by atoms with Crippen LogP contribution in [0.2, 0.25) is 0 Å². The number of hydrogen-bond acceptors (Lipinski definition) is 5. The highest BCUT2D eigenvalue weighted by molar-refractivity contribution is 7.89. The van der Waals surface area contributed by atoms with Crippen molar-refractivity contribution in [2.75, 3.05) is 26.3 Å². The molecule has 0 fully saturated rings. The minimum Gasteiger partial charge on any atom is -0.490 e. The Morgan fingerprint density at radius 2 is 1.48 bits per heavy atom. The smallest absolute Gasteiger partial charge is 0.253 e. The summed E-state index contributed by atoms with van der Waals surface area (Å²) in [7, 11) is -3.78. The number of carbonyl (C=O) groups excluding carboxylic acids is 1. The summed E-state index contributed by atoms with van der Waals surface area (Å²) in [6.45, 7) is 12.0. The minimum absolute atomic E-state index is 0.107. The Morgan fingerprint density at radius 3 is 2.03 bits per heavy atom. The van der Waals surface area contributed by atoms with Gasteiger partial charge in [-0.15, -0.1) is 0 Å². The molecular weight excluding hydrogens is 440 g/mol. The normalized spacial score (nSPS) is 12.3. The third kappa shape index (κ3) is 7.20. The molecule has 0 spiro atoms. The first-order valence-electron chi connectivity index (χ1n) is 11.6. The van der Waals surface area contributed by atoms with Gasteiger partial charge in [-0.05, 0) is 75.6 Å². The van der Waals surface area contributed by atoms with Crippen molar-refractivity contribution in [1.82, 2.24) is 9.62 Å². The van der Waals surface area contributed by atoms with E-state index in [4.69, 9.17) is 9.47 Å². The standard InChI is InChI=1S/C25H36N2O5S/c1-6-16-31-23-15-12-21(18-24(23)32-17-7-2)19(5)26-33(29,30)22-13-10-20(11-14-22)25(28)27(8-3)9-4/h10-15,18-19,26H,6-9,16-17H2,1-5H3. The molecule has 182 valence electrons. The molecule has 1 N–H and O–H groups in total. The lowest BCUT2D eigenvalue weighted by Gasteiger charge is -2.19. The number of sulfonamides is 1. The molecular formula is C25H36N2O5S. The Kier molecular flexibility index (Phi) is 10.2. The first-order chi connectivity index (χ1) is 15.8. The zero-order chi connectivity index (χ0) is 24.4. The summed E-state index contributed by atoms with van der Waals surface area (Å²) < 4.78 is 40.2. The number of amides is 1. The quantitative estimate of drug-likeness (QED) is 0.449. The zero-order valence-corrected chi connectivity index (χ0v) is 21.1. The molecule has 0 saturated carbocycles. The van der Waals surface area contributed by atoms with Crippen molar-refractivity contribution in [2.45, 2.75) is 58.4 Å². The van der Waals surface area contributed by atoms with Gasteiger partial charge in [-0.25, -0.2) is 13.1 Å². The number of ether oxygens (including phenoxy) is 2. The van der Waals surface area contributed by atoms with Crippen LogP contribution in [0.4, 0.5) is 0 Å². The lowest BCUT2D eigenvalue weighted by Crippen LogP contribution is -2.30. The van der Waals surface area contributed by atoms with Crippen LogP contribution in [-0.4, -0.2) is 45.5 Å². The summed E-state index contributed by atoms with van der Waals surface area (Å²) in [5, 5.41) is 0. The predicted molar refractivity (Wildman–Crippen MR) is 130 cm³/mol. The zero-order valence-electron chi connectivity index (χ0n) is 20.3. The lowest BCUT2D eigenvalue weighted by molar-refractivity contribution is 0.0773. The Hall–Kier alpha value is -2.58. The molecule has 0 aliphatic carbocycles. The second-order valence-corrected chi connectivity index (χ2v) is 9.46. The van der Waals surface area contributed by atoms with Crippen LogP contribution in [0.3, 0.4) is 0 Å². The van der Waals surface area contributed by atoms with E-state index in [0.29, 0.717) is 43.4 Å². The number of hydrogen-bond donors (Lipinski definition) is 1. The molecule has 33 heavy (non-hydrogen) atoms. The molecule has 2 rings (SSSR count). The molecule has 0 aliphatic heterocycles. The van der Waals surface area contributed by atoms with Gasteiger partial charge in [0.2, 0.25) is 10.0 Å². The van der Waals surface area contributed by atoms with Crippen LogP contribution in [-0.2, 0) is 10.0 Å². The molecule has 1 unspecified atom stereocenters. The van der Waals surface area contributed by atoms with Gasteiger partial charge >= 0.3 is 0 Å². The van der Waals surface area contributed by atoms with Crippen LogP contribution in [0.15, 0.2) is 47.4 Å². The van der Waals surface area contributed by atoms with E-state index < -0.39 is 16.1 Å². The Morgan fingerprint density at radius 1 is 0.909 bits per heavy atom. The second kappa shape index (κ2) is 12.6. The van der Waals surface area contributed by atoms with Crippen molar-refractivity contribution in [3.05, 3.63) is 53.6 Å². The summed E-state index contributed by atoms with van der Waals surface area (Å²) in [4.78, 5) is 14.3. The number of rotatable bonds is 13. The van der Waals surface area contributed by atoms with Crippen LogP contribution in [0.1, 0.15) is 69.4 Å². The summed E-state index contributed by atoms with van der Waals surface area (Å²) in [6.07, 6.45) is 1.73. The maximum absolute atomic E-state index is 12.9. The second-order valence-electron chi connectivity index (χ2n) is 7.75. The molecule has 1 amide bonds. The van der Waals surface area contributed by atoms with Crippen LogP contribution < -0.4 is 14.2 Å². The SMILES string of the molecule is CCCOc1ccc(C(C)NS(=O)(=O)c2ccc(C(=O)N(CC)CC)cc2)cc1OCCC. The minimum atomic E-state index is -3.78. The summed E-state index contributed by atoms with van der Waals surface area (Å²) in [6, 6.07) is 11.0. The van der Waals surface area contributed by atoms with Gasteiger partial charge in [0.25, 0.3) is 5.91 Å². The van der Waals surface area contributed by atoms with E-state index in [9.17, 15) is 13.2 Å². The first kappa shape index (κ1) is 26.7. The molecule has 1 atom stereocenters. The molecule has 2 aromatic rings. The largest absolute Gasteiger partial charge is 0.490 e. The van der Waals surface area contributed by atoms with Crippen molar-refractivity contribution in [3.63, 3.8) is 0 Å². The number of nitrogens with one attached hydrogen (secondary N) is 1. The maximum Gasteiger partial charge on any atom is 0.253 e. The third-order valence-electron chi connectivity index (χ3n) is 5.19. The molecule has 7 nitrogen and oxygen atoms in total. The van der Waals surface area contributed by atoms with Crippen molar-refractivity contribution in [3.8, 4) is 11.5 Å². The van der Waals surface area contributed by atoms with Crippen molar-refractivity contribution in [2.24, 2.45) is 0 Å². The van der Waals surface area contributed by atoms with Crippen molar-refractivity contribution in [1.29, 1.82) is 0 Å². The third-order valence-corrected chi connectivity index (χ3v) is 6.74. The summed E-state index contributed by atoms with van der Waals surface area (Å²) in [5.41, 5.74) is 1.23. The monoisotopic (exact) mass is 476 g/mol. The Bertz CT molecular complexity index is 1000. The van der Waals surface area contributed by atoms with Gasteiger partial charge < -0.3 is 14.4 Å². The van der Waals surface area contributed by atoms with Gasteiger partial charge in [0, 0.05) is 24.7 Å². The molecule has 0 aromatic heterocycles. The van der Waals surface area contributed by atoms with Gasteiger partial charge in [-0.3, -0.25) is 4.79 Å². The fraction of sp³-hybridized carbons (Fsp3) is 0.480. The van der Waals surface area contributed by atoms with Crippen molar-refractivity contribution < 1.29 is 22.7 Å². The van der Waals surface area contributed by atoms with Gasteiger partial charge in [0.15, 0.2) is 11.5 Å². The topological polar surface area (TPSA) is 84.9 Å². The number of nitrogens with zero attached hydrogens (tertiary/aromatic N) is 1. The van der Waals surface area contributed by atoms with Crippen LogP contribution in [0, 0.1) is 0 Å². The summed E-state index contributed by atoms with van der Waals surface area (Å²) in [5.74, 6) is 1.14. The molecule has 0 heterocycles. The molecule has 0 aliphatic rings. The highest BCUT2D eigenvalue weighted by Gasteiger charge is 2.21. The van der Waals surface area contributed by atoms with E-state index in [1.807, 2.05) is 45.9 Å². The van der Waals surface area contributed by atoms with E-state index >= 15 is 0 Å². The number of benzene rings is 2. The first-order valence-corrected chi connectivity index (χ1v) is 13.1. The van der Waals surface area contributed by atoms with Gasteiger partial charge in [0.05, 0.1) is 18.1 Å². The van der Waals surface area contributed by atoms with Gasteiger partial charge in [-0.2, -0.15) is 0 Å². The molecule has 0 saturated heterocycles. The Labute approximate surface area is 198 Å². The highest BCUT2D eigenvalue weighted by atomic mass is 32.2. The Balaban J connectivity index is 2.19. The van der Waals surface area contributed by atoms with E-state index in [2.05, 4.69) is 4.72 Å². The van der Waals surface area contributed by atoms with Crippen LogP contribution >= 0.6 is 0 Å². The highest BCUT2D eigenvalue weighted by Crippen LogP contribution is 2.31. The average molecular weight is 477 g/mol.